The highest BCUT2D eigenvalue weighted by molar-refractivity contribution is 5.74. The number of amides is 2. The maximum atomic E-state index is 11.8. The van der Waals surface area contributed by atoms with E-state index in [0.29, 0.717) is 13.0 Å². The predicted octanol–water partition coefficient (Wildman–Crippen LogP) is 2.91. The Morgan fingerprint density at radius 1 is 1.25 bits per heavy atom. The number of aliphatic hydroxyl groups is 1. The molecule has 112 valence electrons. The third-order valence-electron chi connectivity index (χ3n) is 3.31. The van der Waals surface area contributed by atoms with Crippen LogP contribution in [0.3, 0.4) is 0 Å². The minimum Gasteiger partial charge on any atom is -0.391 e. The van der Waals surface area contributed by atoms with E-state index in [1.54, 1.807) is 0 Å². The molecular weight excluding hydrogens is 252 g/mol. The molecule has 1 rings (SSSR count). The molecule has 0 spiro atoms. The highest BCUT2D eigenvalue weighted by Crippen LogP contribution is 2.16. The Hall–Kier alpha value is -1.55. The van der Waals surface area contributed by atoms with E-state index in [1.807, 2.05) is 45.0 Å². The molecule has 0 bridgehead atoms. The molecule has 2 atom stereocenters. The number of hydrogen-bond donors (Lipinski definition) is 3. The third-order valence-corrected chi connectivity index (χ3v) is 3.31. The summed E-state index contributed by atoms with van der Waals surface area (Å²) in [6, 6.07) is 7.93. The van der Waals surface area contributed by atoms with Crippen LogP contribution in [-0.2, 0) is 0 Å². The minimum atomic E-state index is -0.467. The fourth-order valence-electron chi connectivity index (χ4n) is 2.07. The summed E-state index contributed by atoms with van der Waals surface area (Å²) in [4.78, 5) is 11.8. The van der Waals surface area contributed by atoms with E-state index in [9.17, 15) is 9.90 Å². The average Bonchev–Trinajstić information content (AvgIpc) is 2.44. The van der Waals surface area contributed by atoms with Gasteiger partial charge in [-0.2, -0.15) is 0 Å². The van der Waals surface area contributed by atoms with Crippen molar-refractivity contribution < 1.29 is 9.90 Å². The minimum absolute atomic E-state index is 0.00100. The van der Waals surface area contributed by atoms with Crippen molar-refractivity contribution in [2.24, 2.45) is 0 Å². The SMILES string of the molecule is CCCC(O)CNC(=O)NC(CC)c1ccc(C)cc1. The first kappa shape index (κ1) is 16.5. The Morgan fingerprint density at radius 2 is 1.90 bits per heavy atom. The summed E-state index contributed by atoms with van der Waals surface area (Å²) in [6.07, 6.45) is 1.97. The number of urea groups is 1. The molecule has 4 heteroatoms. The maximum absolute atomic E-state index is 11.8. The Kier molecular flexibility index (Phi) is 7.09. The number of aryl methyl sites for hydroxylation is 1. The van der Waals surface area contributed by atoms with E-state index in [2.05, 4.69) is 10.6 Å². The van der Waals surface area contributed by atoms with Crippen LogP contribution in [0.15, 0.2) is 24.3 Å². The summed E-state index contributed by atoms with van der Waals surface area (Å²) in [5.74, 6) is 0. The van der Waals surface area contributed by atoms with E-state index < -0.39 is 6.10 Å². The molecule has 2 unspecified atom stereocenters. The van der Waals surface area contributed by atoms with Gasteiger partial charge in [-0.05, 0) is 25.3 Å². The molecule has 3 N–H and O–H groups in total. The predicted molar refractivity (Wildman–Crippen MR) is 81.7 cm³/mol. The van der Waals surface area contributed by atoms with Gasteiger partial charge in [-0.1, -0.05) is 50.1 Å². The van der Waals surface area contributed by atoms with Crippen molar-refractivity contribution in [3.63, 3.8) is 0 Å². The highest BCUT2D eigenvalue weighted by Gasteiger charge is 2.13. The number of carbonyl (C=O) groups is 1. The van der Waals surface area contributed by atoms with Crippen LogP contribution in [0, 0.1) is 6.92 Å². The number of hydrogen-bond acceptors (Lipinski definition) is 2. The lowest BCUT2D eigenvalue weighted by atomic mass is 10.0. The van der Waals surface area contributed by atoms with E-state index >= 15 is 0 Å². The Morgan fingerprint density at radius 3 is 2.45 bits per heavy atom. The molecule has 0 saturated heterocycles. The van der Waals surface area contributed by atoms with Gasteiger partial charge < -0.3 is 15.7 Å². The molecule has 0 aromatic heterocycles. The van der Waals surface area contributed by atoms with Gasteiger partial charge in [-0.25, -0.2) is 4.79 Å². The molecule has 0 heterocycles. The molecule has 20 heavy (non-hydrogen) atoms. The van der Waals surface area contributed by atoms with Crippen LogP contribution in [0.25, 0.3) is 0 Å². The number of aliphatic hydroxyl groups excluding tert-OH is 1. The molecular formula is C16H26N2O2. The monoisotopic (exact) mass is 278 g/mol. The Bertz CT molecular complexity index is 403. The summed E-state index contributed by atoms with van der Waals surface area (Å²) in [5.41, 5.74) is 2.30. The Balaban J connectivity index is 2.47. The van der Waals surface area contributed by atoms with Crippen LogP contribution in [-0.4, -0.2) is 23.8 Å². The maximum Gasteiger partial charge on any atom is 0.315 e. The fraction of sp³-hybridized carbons (Fsp3) is 0.562. The van der Waals surface area contributed by atoms with Crippen LogP contribution < -0.4 is 10.6 Å². The normalized spacial score (nSPS) is 13.6. The molecule has 0 aliphatic rings. The zero-order valence-electron chi connectivity index (χ0n) is 12.6. The number of carbonyl (C=O) groups excluding carboxylic acids is 1. The lowest BCUT2D eigenvalue weighted by Crippen LogP contribution is -2.41. The number of nitrogens with one attached hydrogen (secondary N) is 2. The molecule has 0 fully saturated rings. The van der Waals surface area contributed by atoms with Crippen molar-refractivity contribution in [2.45, 2.75) is 52.2 Å². The van der Waals surface area contributed by atoms with Gasteiger partial charge in [0.05, 0.1) is 12.1 Å². The van der Waals surface area contributed by atoms with E-state index in [4.69, 9.17) is 0 Å². The van der Waals surface area contributed by atoms with Crippen molar-refractivity contribution >= 4 is 6.03 Å². The van der Waals surface area contributed by atoms with Crippen LogP contribution >= 0.6 is 0 Å². The van der Waals surface area contributed by atoms with Gasteiger partial charge in [0.15, 0.2) is 0 Å². The molecule has 0 aliphatic carbocycles. The van der Waals surface area contributed by atoms with Crippen LogP contribution in [0.4, 0.5) is 4.79 Å². The first-order valence-electron chi connectivity index (χ1n) is 7.35. The molecule has 4 nitrogen and oxygen atoms in total. The van der Waals surface area contributed by atoms with Gasteiger partial charge >= 0.3 is 6.03 Å². The highest BCUT2D eigenvalue weighted by atomic mass is 16.3. The van der Waals surface area contributed by atoms with E-state index in [0.717, 1.165) is 18.4 Å². The lowest BCUT2D eigenvalue weighted by molar-refractivity contribution is 0.160. The number of rotatable bonds is 7. The first-order chi connectivity index (χ1) is 9.56. The molecule has 1 aromatic rings. The largest absolute Gasteiger partial charge is 0.391 e. The summed E-state index contributed by atoms with van der Waals surface area (Å²) in [7, 11) is 0. The zero-order chi connectivity index (χ0) is 15.0. The fourth-order valence-corrected chi connectivity index (χ4v) is 2.07. The average molecular weight is 278 g/mol. The Labute approximate surface area is 121 Å². The van der Waals surface area contributed by atoms with Gasteiger partial charge in [0, 0.05) is 6.54 Å². The van der Waals surface area contributed by atoms with Crippen molar-refractivity contribution in [3.8, 4) is 0 Å². The first-order valence-corrected chi connectivity index (χ1v) is 7.35. The van der Waals surface area contributed by atoms with Crippen molar-refractivity contribution in [3.05, 3.63) is 35.4 Å². The molecule has 0 radical (unpaired) electrons. The molecule has 0 saturated carbocycles. The molecule has 1 aromatic carbocycles. The van der Waals surface area contributed by atoms with Gasteiger partial charge in [-0.3, -0.25) is 0 Å². The van der Waals surface area contributed by atoms with Crippen LogP contribution in [0.1, 0.15) is 50.3 Å². The topological polar surface area (TPSA) is 61.4 Å². The second kappa shape index (κ2) is 8.59. The second-order valence-corrected chi connectivity index (χ2v) is 5.17. The van der Waals surface area contributed by atoms with Gasteiger partial charge in [0.25, 0.3) is 0 Å². The summed E-state index contributed by atoms with van der Waals surface area (Å²) < 4.78 is 0. The van der Waals surface area contributed by atoms with Gasteiger partial charge in [0.2, 0.25) is 0 Å². The zero-order valence-corrected chi connectivity index (χ0v) is 12.6. The molecule has 2 amide bonds. The van der Waals surface area contributed by atoms with Gasteiger partial charge in [0.1, 0.15) is 0 Å². The molecule has 0 aliphatic heterocycles. The van der Waals surface area contributed by atoms with Gasteiger partial charge in [-0.15, -0.1) is 0 Å². The smallest absolute Gasteiger partial charge is 0.315 e. The van der Waals surface area contributed by atoms with Crippen molar-refractivity contribution in [1.82, 2.24) is 10.6 Å². The summed E-state index contributed by atoms with van der Waals surface area (Å²) in [5, 5.41) is 15.2. The van der Waals surface area contributed by atoms with E-state index in [1.165, 1.54) is 5.56 Å². The van der Waals surface area contributed by atoms with Crippen LogP contribution in [0.2, 0.25) is 0 Å². The number of benzene rings is 1. The second-order valence-electron chi connectivity index (χ2n) is 5.17. The standard InChI is InChI=1S/C16H26N2O2/c1-4-6-14(19)11-17-16(20)18-15(5-2)13-9-7-12(3)8-10-13/h7-10,14-15,19H,4-6,11H2,1-3H3,(H2,17,18,20). The quantitative estimate of drug-likeness (QED) is 0.718. The summed E-state index contributed by atoms with van der Waals surface area (Å²) >= 11 is 0. The van der Waals surface area contributed by atoms with E-state index in [-0.39, 0.29) is 12.1 Å². The lowest BCUT2D eigenvalue weighted by Gasteiger charge is -2.19. The van der Waals surface area contributed by atoms with Crippen LogP contribution in [0.5, 0.6) is 0 Å². The third kappa shape index (κ3) is 5.61. The summed E-state index contributed by atoms with van der Waals surface area (Å²) in [6.45, 7) is 6.38. The van der Waals surface area contributed by atoms with Crippen molar-refractivity contribution in [2.75, 3.05) is 6.54 Å². The van der Waals surface area contributed by atoms with Crippen molar-refractivity contribution in [1.29, 1.82) is 0 Å².